The molecule has 2 N–H and O–H groups in total. The molecule has 7 heteroatoms. The van der Waals surface area contributed by atoms with E-state index in [2.05, 4.69) is 6.07 Å². The molecule has 2 aliphatic rings. The second kappa shape index (κ2) is 6.01. The number of rotatable bonds is 3. The van der Waals surface area contributed by atoms with Crippen molar-refractivity contribution in [3.8, 4) is 23.3 Å². The molecule has 0 saturated heterocycles. The van der Waals surface area contributed by atoms with Crippen LogP contribution in [0.4, 0.5) is 5.69 Å². The normalized spacial score (nSPS) is 17.7. The Bertz CT molecular complexity index is 976. The van der Waals surface area contributed by atoms with E-state index in [1.54, 1.807) is 12.3 Å². The monoisotopic (exact) mass is 350 g/mol. The zero-order valence-corrected chi connectivity index (χ0v) is 13.5. The lowest BCUT2D eigenvalue weighted by Crippen LogP contribution is -2.17. The first-order valence-corrected chi connectivity index (χ1v) is 7.91. The minimum absolute atomic E-state index is 0.152. The van der Waals surface area contributed by atoms with Crippen molar-refractivity contribution in [2.45, 2.75) is 5.92 Å². The summed E-state index contributed by atoms with van der Waals surface area (Å²) in [5.74, 6) is -0.425. The van der Waals surface area contributed by atoms with Crippen LogP contribution in [0, 0.1) is 11.3 Å². The molecule has 0 aliphatic carbocycles. The lowest BCUT2D eigenvalue weighted by Gasteiger charge is -2.19. The summed E-state index contributed by atoms with van der Waals surface area (Å²) >= 11 is 0. The van der Waals surface area contributed by atoms with Gasteiger partial charge in [0.15, 0.2) is 11.5 Å². The van der Waals surface area contributed by atoms with Gasteiger partial charge in [-0.3, -0.25) is 0 Å². The summed E-state index contributed by atoms with van der Waals surface area (Å²) in [6, 6.07) is 12.1. The fraction of sp³-hybridized carbons (Fsp3) is 0.158. The molecule has 0 amide bonds. The Kier molecular flexibility index (Phi) is 3.66. The summed E-state index contributed by atoms with van der Waals surface area (Å²) < 4.78 is 11.0. The van der Waals surface area contributed by atoms with E-state index >= 15 is 0 Å². The van der Waals surface area contributed by atoms with Gasteiger partial charge in [0.05, 0.1) is 11.6 Å². The molecule has 0 radical (unpaired) electrons. The molecule has 0 bridgehead atoms. The van der Waals surface area contributed by atoms with Gasteiger partial charge in [-0.25, -0.2) is 4.79 Å². The van der Waals surface area contributed by atoms with Crippen molar-refractivity contribution in [3.63, 3.8) is 0 Å². The van der Waals surface area contributed by atoms with E-state index in [0.29, 0.717) is 29.3 Å². The van der Waals surface area contributed by atoms with Crippen molar-refractivity contribution in [2.24, 2.45) is 0 Å². The Labute approximate surface area is 148 Å². The number of aromatic carboxylic acids is 1. The maximum atomic E-state index is 11.0. The summed E-state index contributed by atoms with van der Waals surface area (Å²) in [4.78, 5) is 12.9. The van der Waals surface area contributed by atoms with E-state index in [4.69, 9.17) is 14.6 Å². The van der Waals surface area contributed by atoms with Crippen molar-refractivity contribution >= 4 is 11.7 Å². The maximum absolute atomic E-state index is 11.0. The van der Waals surface area contributed by atoms with Crippen LogP contribution in [0.3, 0.4) is 0 Å². The zero-order chi connectivity index (χ0) is 18.3. The van der Waals surface area contributed by atoms with Crippen molar-refractivity contribution in [1.29, 1.82) is 5.26 Å². The first kappa shape index (κ1) is 15.8. The number of anilines is 1. The number of phenols is 1. The molecule has 2 aromatic rings. The number of nitriles is 1. The Hall–Kier alpha value is -3.66. The highest BCUT2D eigenvalue weighted by Gasteiger charge is 2.32. The lowest BCUT2D eigenvalue weighted by molar-refractivity contribution is 0.0693. The van der Waals surface area contributed by atoms with Crippen LogP contribution in [0.25, 0.3) is 0 Å². The number of aromatic hydroxyl groups is 1. The summed E-state index contributed by atoms with van der Waals surface area (Å²) in [6.07, 6.45) is 1.70. The molecule has 1 atom stereocenters. The minimum Gasteiger partial charge on any atom is -0.507 e. The Morgan fingerprint density at radius 3 is 2.85 bits per heavy atom. The molecule has 0 spiro atoms. The van der Waals surface area contributed by atoms with Crippen molar-refractivity contribution < 1.29 is 24.5 Å². The van der Waals surface area contributed by atoms with Gasteiger partial charge in [0.25, 0.3) is 0 Å². The van der Waals surface area contributed by atoms with Gasteiger partial charge in [0.1, 0.15) is 11.3 Å². The van der Waals surface area contributed by atoms with E-state index in [1.807, 2.05) is 23.1 Å². The zero-order valence-electron chi connectivity index (χ0n) is 13.5. The first-order valence-electron chi connectivity index (χ1n) is 7.91. The summed E-state index contributed by atoms with van der Waals surface area (Å²) in [5, 5.41) is 28.5. The number of carboxylic acid groups (broad SMARTS) is 1. The molecular weight excluding hydrogens is 336 g/mol. The predicted molar refractivity (Wildman–Crippen MR) is 91.4 cm³/mol. The number of para-hydroxylation sites is 1. The number of carboxylic acids is 1. The highest BCUT2D eigenvalue weighted by atomic mass is 16.7. The third-order valence-corrected chi connectivity index (χ3v) is 4.52. The van der Waals surface area contributed by atoms with E-state index < -0.39 is 5.97 Å². The minimum atomic E-state index is -1.20. The Morgan fingerprint density at radius 2 is 2.12 bits per heavy atom. The fourth-order valence-electron chi connectivity index (χ4n) is 3.26. The summed E-state index contributed by atoms with van der Waals surface area (Å²) in [6.45, 7) is 0.619. The van der Waals surface area contributed by atoms with Gasteiger partial charge in [-0.15, -0.1) is 0 Å². The van der Waals surface area contributed by atoms with Crippen LogP contribution in [0.5, 0.6) is 17.2 Å². The van der Waals surface area contributed by atoms with Gasteiger partial charge >= 0.3 is 5.97 Å². The van der Waals surface area contributed by atoms with Crippen LogP contribution >= 0.6 is 0 Å². The van der Waals surface area contributed by atoms with E-state index in [-0.39, 0.29) is 24.0 Å². The van der Waals surface area contributed by atoms with Gasteiger partial charge in [-0.05, 0) is 18.2 Å². The molecule has 0 aromatic heterocycles. The van der Waals surface area contributed by atoms with Crippen LogP contribution < -0.4 is 14.4 Å². The highest BCUT2D eigenvalue weighted by Crippen LogP contribution is 2.44. The number of fused-ring (bicyclic) bond motifs is 1. The third kappa shape index (κ3) is 2.48. The number of hydrogen-bond donors (Lipinski definition) is 2. The van der Waals surface area contributed by atoms with Crippen LogP contribution in [0.2, 0.25) is 0 Å². The van der Waals surface area contributed by atoms with E-state index in [1.165, 1.54) is 12.1 Å². The number of carbonyl (C=O) groups is 1. The third-order valence-electron chi connectivity index (χ3n) is 4.52. The molecule has 0 saturated carbocycles. The Balaban J connectivity index is 1.68. The van der Waals surface area contributed by atoms with Gasteiger partial charge < -0.3 is 24.6 Å². The molecular formula is C19H14N2O5. The standard InChI is InChI=1S/C19H14N2O5/c20-7-11-8-21(12-4-5-14(19(23)24)16(22)6-12)9-15(11)13-2-1-3-17-18(13)26-10-25-17/h1-6,8,15,22H,9-10H2,(H,23,24). The van der Waals surface area contributed by atoms with Crippen molar-refractivity contribution in [3.05, 3.63) is 59.3 Å². The molecule has 26 heavy (non-hydrogen) atoms. The van der Waals surface area contributed by atoms with Gasteiger partial charge in [0, 0.05) is 36.0 Å². The van der Waals surface area contributed by atoms with E-state index in [9.17, 15) is 15.2 Å². The average Bonchev–Trinajstić information content (AvgIpc) is 3.27. The Morgan fingerprint density at radius 1 is 1.27 bits per heavy atom. The molecule has 130 valence electrons. The highest BCUT2D eigenvalue weighted by molar-refractivity contribution is 5.91. The molecule has 2 aliphatic heterocycles. The molecule has 2 aromatic carbocycles. The largest absolute Gasteiger partial charge is 0.507 e. The van der Waals surface area contributed by atoms with Gasteiger partial charge in [0.2, 0.25) is 6.79 Å². The lowest BCUT2D eigenvalue weighted by atomic mass is 9.93. The van der Waals surface area contributed by atoms with Crippen LogP contribution in [-0.4, -0.2) is 29.5 Å². The molecule has 0 fully saturated rings. The molecule has 7 nitrogen and oxygen atoms in total. The second-order valence-electron chi connectivity index (χ2n) is 5.99. The average molecular weight is 350 g/mol. The van der Waals surface area contributed by atoms with E-state index in [0.717, 1.165) is 5.56 Å². The van der Waals surface area contributed by atoms with Crippen molar-refractivity contribution in [1.82, 2.24) is 0 Å². The van der Waals surface area contributed by atoms with Crippen molar-refractivity contribution in [2.75, 3.05) is 18.2 Å². The predicted octanol–water partition coefficient (Wildman–Crippen LogP) is 2.83. The second-order valence-corrected chi connectivity index (χ2v) is 5.99. The maximum Gasteiger partial charge on any atom is 0.339 e. The van der Waals surface area contributed by atoms with Crippen LogP contribution in [0.1, 0.15) is 21.8 Å². The first-order chi connectivity index (χ1) is 12.6. The smallest absolute Gasteiger partial charge is 0.339 e. The molecule has 4 rings (SSSR count). The quantitative estimate of drug-likeness (QED) is 0.877. The summed E-state index contributed by atoms with van der Waals surface area (Å²) in [7, 11) is 0. The summed E-state index contributed by atoms with van der Waals surface area (Å²) in [5.41, 5.74) is 1.85. The molecule has 1 unspecified atom stereocenters. The van der Waals surface area contributed by atoms with Gasteiger partial charge in [-0.1, -0.05) is 12.1 Å². The number of hydrogen-bond acceptors (Lipinski definition) is 6. The molecule has 2 heterocycles. The topological polar surface area (TPSA) is 103 Å². The SMILES string of the molecule is N#CC1=CN(c2ccc(C(=O)O)c(O)c2)CC1c1cccc2c1OCO2. The van der Waals surface area contributed by atoms with Crippen LogP contribution in [0.15, 0.2) is 48.2 Å². The van der Waals surface area contributed by atoms with Gasteiger partial charge in [-0.2, -0.15) is 5.26 Å². The number of benzene rings is 2. The number of ether oxygens (including phenoxy) is 2. The fourth-order valence-corrected chi connectivity index (χ4v) is 3.26. The number of nitrogens with zero attached hydrogens (tertiary/aromatic N) is 2. The van der Waals surface area contributed by atoms with Crippen LogP contribution in [-0.2, 0) is 0 Å².